The van der Waals surface area contributed by atoms with Crippen LogP contribution in [0.25, 0.3) is 22.3 Å². The summed E-state index contributed by atoms with van der Waals surface area (Å²) >= 11 is 0. The highest BCUT2D eigenvalue weighted by atomic mass is 16.4. The van der Waals surface area contributed by atoms with Crippen LogP contribution in [0, 0.1) is 6.92 Å². The lowest BCUT2D eigenvalue weighted by atomic mass is 9.91. The van der Waals surface area contributed by atoms with Crippen LogP contribution in [0.15, 0.2) is 60.7 Å². The fourth-order valence-corrected chi connectivity index (χ4v) is 3.30. The van der Waals surface area contributed by atoms with Crippen molar-refractivity contribution in [3.63, 3.8) is 0 Å². The first-order valence-electron chi connectivity index (χ1n) is 8.83. The van der Waals surface area contributed by atoms with Gasteiger partial charge in [-0.15, -0.1) is 0 Å². The topological polar surface area (TPSA) is 77.8 Å². The van der Waals surface area contributed by atoms with Crippen molar-refractivity contribution in [3.8, 4) is 28.0 Å². The lowest BCUT2D eigenvalue weighted by Gasteiger charge is -2.14. The van der Waals surface area contributed by atoms with E-state index in [4.69, 9.17) is 5.11 Å². The third kappa shape index (κ3) is 4.36. The fourth-order valence-electron chi connectivity index (χ4n) is 3.30. The van der Waals surface area contributed by atoms with E-state index in [0.717, 1.165) is 38.9 Å². The van der Waals surface area contributed by atoms with Gasteiger partial charge in [0.05, 0.1) is 6.61 Å². The molecule has 27 heavy (non-hydrogen) atoms. The summed E-state index contributed by atoms with van der Waals surface area (Å²) in [7, 11) is 0. The highest BCUT2D eigenvalue weighted by molar-refractivity contribution is 5.76. The molecule has 0 spiro atoms. The van der Waals surface area contributed by atoms with Crippen LogP contribution in [0.2, 0.25) is 0 Å². The normalized spacial score (nSPS) is 10.7. The molecule has 0 aliphatic carbocycles. The summed E-state index contributed by atoms with van der Waals surface area (Å²) in [5, 5.41) is 28.7. The maximum Gasteiger partial charge on any atom is 0.303 e. The second kappa shape index (κ2) is 8.06. The molecule has 138 valence electrons. The summed E-state index contributed by atoms with van der Waals surface area (Å²) in [5.74, 6) is -0.770. The minimum Gasteiger partial charge on any atom is -0.508 e. The molecule has 0 aliphatic rings. The van der Waals surface area contributed by atoms with E-state index in [9.17, 15) is 15.0 Å². The van der Waals surface area contributed by atoms with Gasteiger partial charge in [-0.3, -0.25) is 4.79 Å². The molecule has 4 heteroatoms. The summed E-state index contributed by atoms with van der Waals surface area (Å²) in [5.41, 5.74) is 6.48. The number of hydrogen-bond donors (Lipinski definition) is 3. The molecule has 0 fully saturated rings. The molecule has 3 aromatic rings. The first-order valence-corrected chi connectivity index (χ1v) is 8.83. The van der Waals surface area contributed by atoms with Crippen LogP contribution in [-0.2, 0) is 17.8 Å². The molecule has 0 unspecified atom stereocenters. The van der Waals surface area contributed by atoms with Gasteiger partial charge in [0.1, 0.15) is 5.75 Å². The summed E-state index contributed by atoms with van der Waals surface area (Å²) in [6.07, 6.45) is 0.317. The number of aliphatic hydroxyl groups is 1. The molecule has 0 heterocycles. The molecular weight excluding hydrogens is 340 g/mol. The van der Waals surface area contributed by atoms with Crippen LogP contribution in [0.3, 0.4) is 0 Å². The van der Waals surface area contributed by atoms with E-state index in [1.54, 1.807) is 18.2 Å². The van der Waals surface area contributed by atoms with Crippen molar-refractivity contribution in [1.29, 1.82) is 0 Å². The van der Waals surface area contributed by atoms with E-state index in [1.807, 2.05) is 43.3 Å². The minimum atomic E-state index is -0.880. The van der Waals surface area contributed by atoms with Crippen LogP contribution in [0.1, 0.15) is 23.1 Å². The number of benzene rings is 3. The Morgan fingerprint density at radius 1 is 0.889 bits per heavy atom. The number of phenolic OH excluding ortho intramolecular Hbond substituents is 1. The zero-order chi connectivity index (χ0) is 19.4. The average molecular weight is 362 g/mol. The first kappa shape index (κ1) is 18.7. The average Bonchev–Trinajstić information content (AvgIpc) is 2.66. The van der Waals surface area contributed by atoms with Gasteiger partial charge >= 0.3 is 5.97 Å². The van der Waals surface area contributed by atoms with Crippen molar-refractivity contribution in [2.75, 3.05) is 0 Å². The Hall–Kier alpha value is -3.11. The predicted molar refractivity (Wildman–Crippen MR) is 106 cm³/mol. The van der Waals surface area contributed by atoms with Gasteiger partial charge in [0, 0.05) is 6.42 Å². The van der Waals surface area contributed by atoms with Gasteiger partial charge in [-0.1, -0.05) is 48.0 Å². The summed E-state index contributed by atoms with van der Waals surface area (Å²) in [6, 6.07) is 19.0. The number of hydrogen-bond acceptors (Lipinski definition) is 3. The summed E-state index contributed by atoms with van der Waals surface area (Å²) < 4.78 is 0. The second-order valence-corrected chi connectivity index (χ2v) is 6.63. The highest BCUT2D eigenvalue weighted by Crippen LogP contribution is 2.33. The molecule has 0 radical (unpaired) electrons. The zero-order valence-electron chi connectivity index (χ0n) is 15.1. The summed E-state index contributed by atoms with van der Waals surface area (Å²) in [4.78, 5) is 10.9. The fraction of sp³-hybridized carbons (Fsp3) is 0.174. The number of aryl methyl sites for hydroxylation is 2. The van der Waals surface area contributed by atoms with Crippen LogP contribution >= 0.6 is 0 Å². The number of aromatic hydroxyl groups is 1. The minimum absolute atomic E-state index is 0.00924. The van der Waals surface area contributed by atoms with Crippen molar-refractivity contribution in [2.45, 2.75) is 26.4 Å². The van der Waals surface area contributed by atoms with Crippen LogP contribution < -0.4 is 0 Å². The molecular formula is C23H22O4. The quantitative estimate of drug-likeness (QED) is 0.601. The molecule has 0 bridgehead atoms. The monoisotopic (exact) mass is 362 g/mol. The van der Waals surface area contributed by atoms with E-state index >= 15 is 0 Å². The van der Waals surface area contributed by atoms with Crippen molar-refractivity contribution in [2.24, 2.45) is 0 Å². The number of carbonyl (C=O) groups is 1. The second-order valence-electron chi connectivity index (χ2n) is 6.63. The summed E-state index contributed by atoms with van der Waals surface area (Å²) in [6.45, 7) is 1.93. The van der Waals surface area contributed by atoms with Crippen molar-refractivity contribution < 1.29 is 20.1 Å². The molecule has 0 saturated carbocycles. The molecule has 4 nitrogen and oxygen atoms in total. The Labute approximate surface area is 158 Å². The predicted octanol–water partition coefficient (Wildman–Crippen LogP) is 4.54. The maximum atomic E-state index is 10.9. The van der Waals surface area contributed by atoms with Gasteiger partial charge < -0.3 is 15.3 Å². The number of rotatable bonds is 6. The Morgan fingerprint density at radius 2 is 1.59 bits per heavy atom. The Bertz CT molecular complexity index is 976. The van der Waals surface area contributed by atoms with Crippen LogP contribution in [0.5, 0.6) is 5.75 Å². The Kier molecular flexibility index (Phi) is 5.57. The lowest BCUT2D eigenvalue weighted by molar-refractivity contribution is -0.136. The third-order valence-electron chi connectivity index (χ3n) is 4.61. The number of carboxylic acids is 1. The molecule has 3 aromatic carbocycles. The van der Waals surface area contributed by atoms with E-state index in [-0.39, 0.29) is 18.8 Å². The Morgan fingerprint density at radius 3 is 2.30 bits per heavy atom. The zero-order valence-corrected chi connectivity index (χ0v) is 15.1. The van der Waals surface area contributed by atoms with Crippen molar-refractivity contribution >= 4 is 5.97 Å². The van der Waals surface area contributed by atoms with E-state index in [1.165, 1.54) is 0 Å². The molecule has 3 rings (SSSR count). The number of aliphatic hydroxyl groups excluding tert-OH is 1. The lowest BCUT2D eigenvalue weighted by Crippen LogP contribution is -1.99. The third-order valence-corrected chi connectivity index (χ3v) is 4.61. The highest BCUT2D eigenvalue weighted by Gasteiger charge is 2.12. The molecule has 0 saturated heterocycles. The van der Waals surface area contributed by atoms with Crippen LogP contribution in [0.4, 0.5) is 0 Å². The standard InChI is InChI=1S/C23H22O4/c1-15-3-2-4-16(11-15)22-8-5-17(12-19(22)14-24)21-9-7-20(25)13-18(21)6-10-23(26)27/h2-5,7-9,11-13,24-25H,6,10,14H2,1H3,(H,26,27). The molecule has 3 N–H and O–H groups in total. The van der Waals surface area contributed by atoms with E-state index in [2.05, 4.69) is 6.07 Å². The SMILES string of the molecule is Cc1cccc(-c2ccc(-c3ccc(O)cc3CCC(=O)O)cc2CO)c1. The van der Waals surface area contributed by atoms with Gasteiger partial charge in [-0.2, -0.15) is 0 Å². The van der Waals surface area contributed by atoms with E-state index < -0.39 is 5.97 Å². The molecule has 0 amide bonds. The molecule has 0 aliphatic heterocycles. The van der Waals surface area contributed by atoms with Gasteiger partial charge in [0.25, 0.3) is 0 Å². The van der Waals surface area contributed by atoms with Crippen molar-refractivity contribution in [3.05, 3.63) is 77.4 Å². The van der Waals surface area contributed by atoms with Crippen LogP contribution in [-0.4, -0.2) is 21.3 Å². The van der Waals surface area contributed by atoms with Gasteiger partial charge in [0.2, 0.25) is 0 Å². The Balaban J connectivity index is 2.04. The van der Waals surface area contributed by atoms with Crippen molar-refractivity contribution in [1.82, 2.24) is 0 Å². The van der Waals surface area contributed by atoms with Gasteiger partial charge in [0.15, 0.2) is 0 Å². The number of phenols is 1. The first-order chi connectivity index (χ1) is 13.0. The van der Waals surface area contributed by atoms with Gasteiger partial charge in [-0.25, -0.2) is 0 Å². The van der Waals surface area contributed by atoms with Gasteiger partial charge in [-0.05, 0) is 64.9 Å². The molecule has 0 aromatic heterocycles. The molecule has 0 atom stereocenters. The number of aliphatic carboxylic acids is 1. The van der Waals surface area contributed by atoms with E-state index in [0.29, 0.717) is 6.42 Å². The largest absolute Gasteiger partial charge is 0.508 e. The maximum absolute atomic E-state index is 10.9. The number of carboxylic acid groups (broad SMARTS) is 1. The smallest absolute Gasteiger partial charge is 0.303 e.